The van der Waals surface area contributed by atoms with E-state index in [9.17, 15) is 18.7 Å². The Hall–Kier alpha value is -3.62. The number of phenolic OH excluding ortho intramolecular Hbond substituents is 1. The summed E-state index contributed by atoms with van der Waals surface area (Å²) in [5.41, 5.74) is 5.85. The summed E-state index contributed by atoms with van der Waals surface area (Å²) in [6.45, 7) is 0.225. The van der Waals surface area contributed by atoms with E-state index in [0.717, 1.165) is 0 Å². The molecule has 0 aliphatic heterocycles. The first-order valence-electron chi connectivity index (χ1n) is 9.32. The molecule has 0 radical (unpaired) electrons. The highest BCUT2D eigenvalue weighted by Gasteiger charge is 2.48. The molecule has 1 aromatic carbocycles. The number of hydrogen-bond donors (Lipinski definition) is 3. The molecule has 154 valence electrons. The van der Waals surface area contributed by atoms with Gasteiger partial charge in [0.05, 0.1) is 5.69 Å². The van der Waals surface area contributed by atoms with Crippen LogP contribution in [0.2, 0.25) is 0 Å². The monoisotopic (exact) mass is 411 g/mol. The van der Waals surface area contributed by atoms with E-state index in [4.69, 9.17) is 5.73 Å². The molecule has 1 amide bonds. The lowest BCUT2D eigenvalue weighted by Gasteiger charge is -2.43. The van der Waals surface area contributed by atoms with Gasteiger partial charge < -0.3 is 16.2 Å². The van der Waals surface area contributed by atoms with Gasteiger partial charge in [0.15, 0.2) is 0 Å². The van der Waals surface area contributed by atoms with Crippen LogP contribution in [0.5, 0.6) is 5.75 Å². The molecule has 3 aromatic rings. The van der Waals surface area contributed by atoms with Gasteiger partial charge >= 0.3 is 0 Å². The molecule has 1 aliphatic carbocycles. The first-order valence-corrected chi connectivity index (χ1v) is 9.32. The molecule has 1 fully saturated rings. The zero-order valence-corrected chi connectivity index (χ0v) is 15.8. The number of phenols is 1. The van der Waals surface area contributed by atoms with Crippen molar-refractivity contribution in [3.8, 4) is 16.9 Å². The van der Waals surface area contributed by atoms with Gasteiger partial charge in [-0.2, -0.15) is 0 Å². The van der Waals surface area contributed by atoms with Crippen molar-refractivity contribution < 1.29 is 18.7 Å². The summed E-state index contributed by atoms with van der Waals surface area (Å²) < 4.78 is 27.9. The number of rotatable bonds is 6. The summed E-state index contributed by atoms with van der Waals surface area (Å²) in [4.78, 5) is 23.9. The summed E-state index contributed by atoms with van der Waals surface area (Å²) >= 11 is 0. The zero-order valence-electron chi connectivity index (χ0n) is 15.8. The number of pyridine rings is 1. The lowest BCUT2D eigenvalue weighted by molar-refractivity contribution is 0.0963. The van der Waals surface area contributed by atoms with Crippen molar-refractivity contribution in [3.05, 3.63) is 66.0 Å². The molecule has 4 N–H and O–H groups in total. The maximum Gasteiger partial charge on any atom is 0.248 e. The summed E-state index contributed by atoms with van der Waals surface area (Å²) in [6.07, 6.45) is 3.77. The van der Waals surface area contributed by atoms with Crippen molar-refractivity contribution in [2.75, 3.05) is 11.9 Å². The van der Waals surface area contributed by atoms with Crippen LogP contribution >= 0.6 is 0 Å². The second-order valence-corrected chi connectivity index (χ2v) is 7.36. The summed E-state index contributed by atoms with van der Waals surface area (Å²) in [7, 11) is 0. The fraction of sp³-hybridized carbons (Fsp3) is 0.238. The fourth-order valence-corrected chi connectivity index (χ4v) is 3.71. The average molecular weight is 411 g/mol. The number of primary amides is 1. The number of aromatic hydroxyl groups is 1. The first-order chi connectivity index (χ1) is 14.4. The number of nitrogens with zero attached hydrogens (tertiary/aromatic N) is 3. The van der Waals surface area contributed by atoms with Gasteiger partial charge in [-0.1, -0.05) is 0 Å². The lowest BCUT2D eigenvalue weighted by atomic mass is 9.65. The van der Waals surface area contributed by atoms with Crippen LogP contribution in [0.25, 0.3) is 11.1 Å². The van der Waals surface area contributed by atoms with Crippen LogP contribution < -0.4 is 11.1 Å². The standard InChI is InChI=1S/C21H19F2N5O2/c22-14-7-21(8-14,18-16(23)2-1-5-25-18)11-28-20-26-9-13(10-27-20)15-6-12(19(24)30)3-4-17(15)29/h1-6,9-10,14,29H,7-8,11H2,(H2,24,30)(H,26,27,28)/t14-,21-. The van der Waals surface area contributed by atoms with E-state index in [1.165, 1.54) is 48.9 Å². The average Bonchev–Trinajstić information content (AvgIpc) is 2.71. The van der Waals surface area contributed by atoms with Gasteiger partial charge in [0.25, 0.3) is 0 Å². The second kappa shape index (κ2) is 7.66. The zero-order chi connectivity index (χ0) is 21.3. The number of benzene rings is 1. The molecule has 9 heteroatoms. The van der Waals surface area contributed by atoms with Crippen LogP contribution in [0.4, 0.5) is 14.7 Å². The van der Waals surface area contributed by atoms with E-state index >= 15 is 0 Å². The number of amides is 1. The smallest absolute Gasteiger partial charge is 0.248 e. The molecule has 2 heterocycles. The maximum atomic E-state index is 14.2. The first kappa shape index (κ1) is 19.7. The number of aromatic nitrogens is 3. The lowest BCUT2D eigenvalue weighted by Crippen LogP contribution is -2.49. The van der Waals surface area contributed by atoms with Gasteiger partial charge in [-0.25, -0.2) is 18.7 Å². The van der Waals surface area contributed by atoms with E-state index in [-0.39, 0.29) is 42.3 Å². The molecule has 30 heavy (non-hydrogen) atoms. The van der Waals surface area contributed by atoms with Gasteiger partial charge in [0, 0.05) is 47.2 Å². The normalized spacial score (nSPS) is 20.4. The minimum Gasteiger partial charge on any atom is -0.507 e. The molecule has 1 aliphatic rings. The molecule has 7 nitrogen and oxygen atoms in total. The Morgan fingerprint density at radius 1 is 1.23 bits per heavy atom. The number of halogens is 2. The number of carbonyl (C=O) groups excluding carboxylic acids is 1. The summed E-state index contributed by atoms with van der Waals surface area (Å²) in [6, 6.07) is 7.06. The second-order valence-electron chi connectivity index (χ2n) is 7.36. The Morgan fingerprint density at radius 2 is 1.97 bits per heavy atom. The molecule has 0 spiro atoms. The largest absolute Gasteiger partial charge is 0.507 e. The van der Waals surface area contributed by atoms with Crippen molar-refractivity contribution in [2.45, 2.75) is 24.4 Å². The molecule has 4 rings (SSSR count). The summed E-state index contributed by atoms with van der Waals surface area (Å²) in [5, 5.41) is 13.1. The van der Waals surface area contributed by atoms with E-state index in [1.54, 1.807) is 0 Å². The van der Waals surface area contributed by atoms with Crippen molar-refractivity contribution in [2.24, 2.45) is 5.73 Å². The number of hydrogen-bond acceptors (Lipinski definition) is 6. The Morgan fingerprint density at radius 3 is 2.60 bits per heavy atom. The van der Waals surface area contributed by atoms with Crippen molar-refractivity contribution >= 4 is 11.9 Å². The Balaban J connectivity index is 1.52. The molecule has 0 unspecified atom stereocenters. The molecule has 1 saturated carbocycles. The molecular weight excluding hydrogens is 392 g/mol. The predicted molar refractivity (Wildman–Crippen MR) is 106 cm³/mol. The van der Waals surface area contributed by atoms with Gasteiger partial charge in [-0.15, -0.1) is 0 Å². The molecule has 2 aromatic heterocycles. The van der Waals surface area contributed by atoms with E-state index in [0.29, 0.717) is 11.1 Å². The SMILES string of the molecule is NC(=O)c1ccc(O)c(-c2cnc(NC[C@]3(c4ncccc4F)C[C@H](F)C3)nc2)c1. The number of carbonyl (C=O) groups is 1. The van der Waals surface area contributed by atoms with Gasteiger partial charge in [0.1, 0.15) is 17.7 Å². The highest BCUT2D eigenvalue weighted by molar-refractivity contribution is 5.94. The van der Waals surface area contributed by atoms with E-state index in [2.05, 4.69) is 20.3 Å². The topological polar surface area (TPSA) is 114 Å². The molecule has 0 saturated heterocycles. The Labute approximate surface area is 171 Å². The summed E-state index contributed by atoms with van der Waals surface area (Å²) in [5.74, 6) is -0.860. The van der Waals surface area contributed by atoms with Crippen LogP contribution in [0.15, 0.2) is 48.9 Å². The Bertz CT molecular complexity index is 1090. The van der Waals surface area contributed by atoms with Crippen LogP contribution in [-0.2, 0) is 5.41 Å². The highest BCUT2D eigenvalue weighted by atomic mass is 19.1. The van der Waals surface area contributed by atoms with Gasteiger partial charge in [-0.3, -0.25) is 9.78 Å². The fourth-order valence-electron chi connectivity index (χ4n) is 3.71. The van der Waals surface area contributed by atoms with Gasteiger partial charge in [0.2, 0.25) is 11.9 Å². The maximum absolute atomic E-state index is 14.2. The Kier molecular flexibility index (Phi) is 5.03. The third-order valence-corrected chi connectivity index (χ3v) is 5.31. The van der Waals surface area contributed by atoms with E-state index < -0.39 is 23.3 Å². The quantitative estimate of drug-likeness (QED) is 0.575. The van der Waals surface area contributed by atoms with Crippen molar-refractivity contribution in [1.82, 2.24) is 15.0 Å². The number of alkyl halides is 1. The predicted octanol–water partition coefficient (Wildman–Crippen LogP) is 2.96. The number of nitrogens with one attached hydrogen (secondary N) is 1. The molecular formula is C21H19F2N5O2. The van der Waals surface area contributed by atoms with Gasteiger partial charge in [-0.05, 0) is 43.2 Å². The minimum absolute atomic E-state index is 0.0441. The molecule has 0 bridgehead atoms. The van der Waals surface area contributed by atoms with Crippen LogP contribution in [0, 0.1) is 5.82 Å². The van der Waals surface area contributed by atoms with Crippen molar-refractivity contribution in [3.63, 3.8) is 0 Å². The third kappa shape index (κ3) is 3.66. The molecule has 0 atom stereocenters. The van der Waals surface area contributed by atoms with Crippen LogP contribution in [-0.4, -0.2) is 38.7 Å². The minimum atomic E-state index is -1.00. The number of anilines is 1. The number of nitrogens with two attached hydrogens (primary N) is 1. The van der Waals surface area contributed by atoms with Crippen molar-refractivity contribution in [1.29, 1.82) is 0 Å². The highest BCUT2D eigenvalue weighted by Crippen LogP contribution is 2.45. The third-order valence-electron chi connectivity index (χ3n) is 5.31. The van der Waals surface area contributed by atoms with Crippen LogP contribution in [0.1, 0.15) is 28.9 Å². The van der Waals surface area contributed by atoms with Crippen LogP contribution in [0.3, 0.4) is 0 Å². The van der Waals surface area contributed by atoms with E-state index in [1.807, 2.05) is 0 Å².